The van der Waals surface area contributed by atoms with Crippen molar-refractivity contribution < 1.29 is 9.90 Å². The van der Waals surface area contributed by atoms with Crippen LogP contribution in [0.1, 0.15) is 33.9 Å². The third-order valence-electron chi connectivity index (χ3n) is 5.57. The van der Waals surface area contributed by atoms with Crippen LogP contribution >= 0.6 is 11.8 Å². The summed E-state index contributed by atoms with van der Waals surface area (Å²) in [6.45, 7) is 4.51. The molecule has 1 aliphatic rings. The molecule has 1 N–H and O–H groups in total. The summed E-state index contributed by atoms with van der Waals surface area (Å²) >= 11 is 1.69. The van der Waals surface area contributed by atoms with Crippen molar-refractivity contribution >= 4 is 23.2 Å². The van der Waals surface area contributed by atoms with E-state index in [9.17, 15) is 9.90 Å². The summed E-state index contributed by atoms with van der Waals surface area (Å²) in [5.41, 5.74) is 5.88. The highest BCUT2D eigenvalue weighted by atomic mass is 32.2. The van der Waals surface area contributed by atoms with Crippen molar-refractivity contribution in [2.45, 2.75) is 31.3 Å². The van der Waals surface area contributed by atoms with Crippen LogP contribution in [0.15, 0.2) is 83.5 Å². The molecule has 3 nitrogen and oxygen atoms in total. The molecule has 0 saturated carbocycles. The summed E-state index contributed by atoms with van der Waals surface area (Å²) in [5, 5.41) is 10.9. The van der Waals surface area contributed by atoms with Crippen molar-refractivity contribution in [1.82, 2.24) is 4.90 Å². The maximum absolute atomic E-state index is 13.1. The van der Waals surface area contributed by atoms with Gasteiger partial charge in [-0.2, -0.15) is 0 Å². The number of hydrogen-bond acceptors (Lipinski definition) is 3. The number of rotatable bonds is 5. The van der Waals surface area contributed by atoms with Crippen molar-refractivity contribution in [3.63, 3.8) is 0 Å². The summed E-state index contributed by atoms with van der Waals surface area (Å²) in [5.74, 6) is -0.491. The van der Waals surface area contributed by atoms with Gasteiger partial charge in [0.1, 0.15) is 0 Å². The minimum absolute atomic E-state index is 0.162. The van der Waals surface area contributed by atoms with Gasteiger partial charge in [-0.3, -0.25) is 4.79 Å². The SMILES string of the molecule is CSc1ccc(CN2C(=O)C(O)=C(c3ccc(C)cc3)[C@@H]2c2ccc(C)cc2)cc1. The van der Waals surface area contributed by atoms with Crippen molar-refractivity contribution in [2.24, 2.45) is 0 Å². The van der Waals surface area contributed by atoms with Crippen LogP contribution in [-0.4, -0.2) is 22.2 Å². The van der Waals surface area contributed by atoms with E-state index in [2.05, 4.69) is 12.1 Å². The van der Waals surface area contributed by atoms with E-state index in [1.807, 2.05) is 80.8 Å². The van der Waals surface area contributed by atoms with E-state index in [1.165, 1.54) is 4.90 Å². The number of hydrogen-bond donors (Lipinski definition) is 1. The molecule has 4 heteroatoms. The highest BCUT2D eigenvalue weighted by Gasteiger charge is 2.40. The number of benzene rings is 3. The lowest BCUT2D eigenvalue weighted by Crippen LogP contribution is -2.29. The van der Waals surface area contributed by atoms with Gasteiger partial charge in [0.15, 0.2) is 5.76 Å². The average Bonchev–Trinajstić information content (AvgIpc) is 3.00. The topological polar surface area (TPSA) is 40.5 Å². The molecule has 1 atom stereocenters. The Balaban J connectivity index is 1.77. The highest BCUT2D eigenvalue weighted by molar-refractivity contribution is 7.98. The number of carbonyl (C=O) groups is 1. The van der Waals surface area contributed by atoms with Crippen LogP contribution in [0.25, 0.3) is 5.57 Å². The molecule has 0 spiro atoms. The van der Waals surface area contributed by atoms with E-state index >= 15 is 0 Å². The molecule has 4 rings (SSSR count). The number of nitrogens with zero attached hydrogens (tertiary/aromatic N) is 1. The molecule has 3 aromatic rings. The number of thioether (sulfide) groups is 1. The average molecular weight is 416 g/mol. The summed E-state index contributed by atoms with van der Waals surface area (Å²) in [4.78, 5) is 16.1. The van der Waals surface area contributed by atoms with Gasteiger partial charge in [-0.1, -0.05) is 71.8 Å². The Morgan fingerprint density at radius 1 is 0.867 bits per heavy atom. The summed E-state index contributed by atoms with van der Waals surface area (Å²) in [6, 6.07) is 24.1. The standard InChI is InChI=1S/C26H25NO2S/c1-17-4-10-20(11-5-17)23-24(21-12-6-18(2)7-13-21)27(26(29)25(23)28)16-19-8-14-22(30-3)15-9-19/h4-15,24,28H,16H2,1-3H3/t24-/m0/s1. The molecule has 0 unspecified atom stereocenters. The zero-order valence-corrected chi connectivity index (χ0v) is 18.2. The fourth-order valence-corrected chi connectivity index (χ4v) is 4.28. The van der Waals surface area contributed by atoms with Gasteiger partial charge >= 0.3 is 0 Å². The molecular weight excluding hydrogens is 390 g/mol. The smallest absolute Gasteiger partial charge is 0.290 e. The number of aliphatic hydroxyl groups is 1. The highest BCUT2D eigenvalue weighted by Crippen LogP contribution is 2.43. The second-order valence-corrected chi connectivity index (χ2v) is 8.60. The lowest BCUT2D eigenvalue weighted by atomic mass is 9.92. The molecule has 0 bridgehead atoms. The normalized spacial score (nSPS) is 16.4. The number of aliphatic hydroxyl groups excluding tert-OH is 1. The third-order valence-corrected chi connectivity index (χ3v) is 6.31. The van der Waals surface area contributed by atoms with Crippen LogP contribution in [0, 0.1) is 13.8 Å². The first kappa shape index (κ1) is 20.3. The Morgan fingerprint density at radius 3 is 2.00 bits per heavy atom. The summed E-state index contributed by atoms with van der Waals surface area (Å²) in [6.07, 6.45) is 2.04. The van der Waals surface area contributed by atoms with Gasteiger partial charge in [0, 0.05) is 17.0 Å². The number of amides is 1. The van der Waals surface area contributed by atoms with Crippen LogP contribution in [0.3, 0.4) is 0 Å². The van der Waals surface area contributed by atoms with Gasteiger partial charge in [0.2, 0.25) is 0 Å². The van der Waals surface area contributed by atoms with E-state index in [0.29, 0.717) is 12.1 Å². The molecule has 0 radical (unpaired) electrons. The monoisotopic (exact) mass is 415 g/mol. The first-order valence-corrected chi connectivity index (χ1v) is 11.2. The summed E-state index contributed by atoms with van der Waals surface area (Å²) in [7, 11) is 0. The van der Waals surface area contributed by atoms with Gasteiger partial charge in [-0.15, -0.1) is 11.8 Å². The molecular formula is C26H25NO2S. The minimum Gasteiger partial charge on any atom is -0.503 e. The van der Waals surface area contributed by atoms with E-state index in [4.69, 9.17) is 0 Å². The second-order valence-electron chi connectivity index (χ2n) is 7.72. The van der Waals surface area contributed by atoms with E-state index in [1.54, 1.807) is 16.7 Å². The number of carbonyl (C=O) groups excluding carboxylic acids is 1. The molecule has 0 saturated heterocycles. The van der Waals surface area contributed by atoms with Crippen LogP contribution in [0.4, 0.5) is 0 Å². The van der Waals surface area contributed by atoms with Gasteiger partial charge in [0.25, 0.3) is 5.91 Å². The molecule has 0 aromatic heterocycles. The third kappa shape index (κ3) is 3.88. The molecule has 0 aliphatic carbocycles. The predicted octanol–water partition coefficient (Wildman–Crippen LogP) is 6.08. The van der Waals surface area contributed by atoms with Gasteiger partial charge in [-0.25, -0.2) is 0 Å². The van der Waals surface area contributed by atoms with Crippen LogP contribution in [0.5, 0.6) is 0 Å². The Hall–Kier alpha value is -2.98. The lowest BCUT2D eigenvalue weighted by molar-refractivity contribution is -0.130. The largest absolute Gasteiger partial charge is 0.503 e. The minimum atomic E-state index is -0.332. The Labute approximate surface area is 182 Å². The van der Waals surface area contributed by atoms with Gasteiger partial charge in [-0.05, 0) is 48.9 Å². The molecule has 152 valence electrons. The first-order chi connectivity index (χ1) is 14.5. The summed E-state index contributed by atoms with van der Waals surface area (Å²) < 4.78 is 0. The van der Waals surface area contributed by atoms with E-state index in [-0.39, 0.29) is 17.7 Å². The Kier molecular flexibility index (Phi) is 5.69. The van der Waals surface area contributed by atoms with Crippen LogP contribution in [0.2, 0.25) is 0 Å². The van der Waals surface area contributed by atoms with Crippen molar-refractivity contribution in [2.75, 3.05) is 6.26 Å². The quantitative estimate of drug-likeness (QED) is 0.514. The zero-order valence-electron chi connectivity index (χ0n) is 17.4. The molecule has 1 heterocycles. The fraction of sp³-hybridized carbons (Fsp3) is 0.192. The zero-order chi connectivity index (χ0) is 21.3. The Morgan fingerprint density at radius 2 is 1.43 bits per heavy atom. The van der Waals surface area contributed by atoms with Gasteiger partial charge < -0.3 is 10.0 Å². The van der Waals surface area contributed by atoms with Crippen molar-refractivity contribution in [3.05, 3.63) is 106 Å². The van der Waals surface area contributed by atoms with Crippen molar-refractivity contribution in [1.29, 1.82) is 0 Å². The maximum atomic E-state index is 13.1. The maximum Gasteiger partial charge on any atom is 0.290 e. The van der Waals surface area contributed by atoms with Crippen molar-refractivity contribution in [3.8, 4) is 0 Å². The van der Waals surface area contributed by atoms with Crippen LogP contribution in [-0.2, 0) is 11.3 Å². The van der Waals surface area contributed by atoms with E-state index in [0.717, 1.165) is 27.8 Å². The lowest BCUT2D eigenvalue weighted by Gasteiger charge is -2.27. The molecule has 3 aromatic carbocycles. The second kappa shape index (κ2) is 8.41. The predicted molar refractivity (Wildman–Crippen MR) is 123 cm³/mol. The Bertz CT molecular complexity index is 1080. The molecule has 0 fully saturated rings. The van der Waals surface area contributed by atoms with Crippen LogP contribution < -0.4 is 0 Å². The molecule has 1 aliphatic heterocycles. The first-order valence-electron chi connectivity index (χ1n) is 9.98. The van der Waals surface area contributed by atoms with Gasteiger partial charge in [0.05, 0.1) is 6.04 Å². The number of aryl methyl sites for hydroxylation is 2. The fourth-order valence-electron chi connectivity index (χ4n) is 3.87. The molecule has 30 heavy (non-hydrogen) atoms. The molecule has 1 amide bonds. The van der Waals surface area contributed by atoms with E-state index < -0.39 is 0 Å².